The molecule has 0 aliphatic carbocycles. The highest BCUT2D eigenvalue weighted by Gasteiger charge is 2.54. The van der Waals surface area contributed by atoms with Gasteiger partial charge >= 0.3 is 11.9 Å². The SMILES string of the molecule is CC(=O)OOC(=O)C(=O)CC1(O)O[C@H](CO)[C@@H](O)[C@H](O)[C@H]1O. The molecule has 0 radical (unpaired) electrons. The molecule has 1 aliphatic rings. The second kappa shape index (κ2) is 7.09. The van der Waals surface area contributed by atoms with Crippen LogP contribution in [0.2, 0.25) is 0 Å². The summed E-state index contributed by atoms with van der Waals surface area (Å²) in [5, 5.41) is 47.7. The molecule has 1 fully saturated rings. The van der Waals surface area contributed by atoms with Crippen LogP contribution in [0.1, 0.15) is 13.3 Å². The van der Waals surface area contributed by atoms with Gasteiger partial charge in [0.2, 0.25) is 11.6 Å². The highest BCUT2D eigenvalue weighted by atomic mass is 17.2. The Morgan fingerprint density at radius 2 is 1.73 bits per heavy atom. The topological polar surface area (TPSA) is 180 Å². The molecule has 0 bridgehead atoms. The fourth-order valence-corrected chi connectivity index (χ4v) is 1.81. The van der Waals surface area contributed by atoms with Crippen molar-refractivity contribution in [1.82, 2.24) is 0 Å². The van der Waals surface area contributed by atoms with Gasteiger partial charge in [0, 0.05) is 6.92 Å². The molecule has 0 amide bonds. The van der Waals surface area contributed by atoms with Crippen LogP contribution in [0.5, 0.6) is 0 Å². The average Bonchev–Trinajstić information content (AvgIpc) is 2.46. The van der Waals surface area contributed by atoms with Gasteiger partial charge in [-0.3, -0.25) is 4.79 Å². The smallest absolute Gasteiger partial charge is 0.394 e. The lowest BCUT2D eigenvalue weighted by Gasteiger charge is -2.44. The van der Waals surface area contributed by atoms with Crippen LogP contribution < -0.4 is 0 Å². The predicted octanol–water partition coefficient (Wildman–Crippen LogP) is -3.87. The van der Waals surface area contributed by atoms with Crippen molar-refractivity contribution in [3.63, 3.8) is 0 Å². The highest BCUT2D eigenvalue weighted by Crippen LogP contribution is 2.31. The molecule has 11 nitrogen and oxygen atoms in total. The van der Waals surface area contributed by atoms with Crippen molar-refractivity contribution in [3.8, 4) is 0 Å². The Hall–Kier alpha value is -1.63. The first kappa shape index (κ1) is 18.4. The Balaban J connectivity index is 2.78. The largest absolute Gasteiger partial charge is 0.421 e. The molecule has 5 N–H and O–H groups in total. The van der Waals surface area contributed by atoms with Gasteiger partial charge in [0.15, 0.2) is 0 Å². The number of carbonyl (C=O) groups excluding carboxylic acids is 3. The standard InChI is InChI=1S/C11H16O11/c1-4(13)21-22-10(18)5(14)2-11(19)9(17)8(16)7(15)6(3-12)20-11/h6-9,12,15-17,19H,2-3H2,1H3/t6-,7-,8+,9-,11?/m1/s1. The number of carbonyl (C=O) groups is 3. The molecule has 1 unspecified atom stereocenters. The van der Waals surface area contributed by atoms with Crippen molar-refractivity contribution in [2.45, 2.75) is 43.5 Å². The van der Waals surface area contributed by atoms with E-state index in [1.54, 1.807) is 0 Å². The van der Waals surface area contributed by atoms with E-state index in [-0.39, 0.29) is 0 Å². The predicted molar refractivity (Wildman–Crippen MR) is 62.4 cm³/mol. The van der Waals surface area contributed by atoms with E-state index in [0.717, 1.165) is 6.92 Å². The zero-order valence-electron chi connectivity index (χ0n) is 11.4. The molecule has 1 saturated heterocycles. The number of ketones is 1. The van der Waals surface area contributed by atoms with Crippen molar-refractivity contribution < 1.29 is 54.4 Å². The zero-order valence-corrected chi connectivity index (χ0v) is 11.4. The fourth-order valence-electron chi connectivity index (χ4n) is 1.81. The normalized spacial score (nSPS) is 34.8. The molecule has 0 spiro atoms. The molecule has 0 aromatic heterocycles. The fraction of sp³-hybridized carbons (Fsp3) is 0.727. The summed E-state index contributed by atoms with van der Waals surface area (Å²) in [7, 11) is 0. The Bertz CT molecular complexity index is 447. The minimum absolute atomic E-state index is 0.834. The van der Waals surface area contributed by atoms with Crippen LogP contribution in [0.15, 0.2) is 0 Å². The molecule has 1 heterocycles. The number of aliphatic hydroxyl groups is 5. The molecular weight excluding hydrogens is 308 g/mol. The van der Waals surface area contributed by atoms with Crippen molar-refractivity contribution >= 4 is 17.7 Å². The average molecular weight is 324 g/mol. The lowest BCUT2D eigenvalue weighted by Crippen LogP contribution is -2.65. The van der Waals surface area contributed by atoms with E-state index in [2.05, 4.69) is 9.78 Å². The summed E-state index contributed by atoms with van der Waals surface area (Å²) >= 11 is 0. The van der Waals surface area contributed by atoms with Crippen LogP contribution in [0, 0.1) is 0 Å². The summed E-state index contributed by atoms with van der Waals surface area (Å²) in [4.78, 5) is 40.8. The van der Waals surface area contributed by atoms with Crippen molar-refractivity contribution in [2.75, 3.05) is 6.61 Å². The third kappa shape index (κ3) is 3.97. The zero-order chi connectivity index (χ0) is 17.1. The third-order valence-electron chi connectivity index (χ3n) is 2.93. The molecule has 5 atom stereocenters. The van der Waals surface area contributed by atoms with Gasteiger partial charge in [-0.25, -0.2) is 19.4 Å². The summed E-state index contributed by atoms with van der Waals surface area (Å²) in [6.07, 6.45) is -8.47. The van der Waals surface area contributed by atoms with Gasteiger partial charge in [-0.05, 0) is 0 Å². The van der Waals surface area contributed by atoms with Gasteiger partial charge in [0.1, 0.15) is 24.4 Å². The van der Waals surface area contributed by atoms with Crippen LogP contribution in [0.25, 0.3) is 0 Å². The Morgan fingerprint density at radius 1 is 1.14 bits per heavy atom. The third-order valence-corrected chi connectivity index (χ3v) is 2.93. The Labute approximate surface area is 123 Å². The second-order valence-corrected chi connectivity index (χ2v) is 4.66. The number of hydrogen-bond acceptors (Lipinski definition) is 11. The number of hydrogen-bond donors (Lipinski definition) is 5. The van der Waals surface area contributed by atoms with Crippen LogP contribution in [0.4, 0.5) is 0 Å². The van der Waals surface area contributed by atoms with E-state index in [4.69, 9.17) is 9.84 Å². The lowest BCUT2D eigenvalue weighted by molar-refractivity contribution is -0.348. The van der Waals surface area contributed by atoms with Gasteiger partial charge in [-0.15, -0.1) is 0 Å². The van der Waals surface area contributed by atoms with Gasteiger partial charge in [-0.1, -0.05) is 0 Å². The second-order valence-electron chi connectivity index (χ2n) is 4.66. The summed E-state index contributed by atoms with van der Waals surface area (Å²) < 4.78 is 4.77. The van der Waals surface area contributed by atoms with Gasteiger partial charge < -0.3 is 30.3 Å². The molecule has 0 aromatic carbocycles. The summed E-state index contributed by atoms with van der Waals surface area (Å²) in [6, 6.07) is 0. The maximum Gasteiger partial charge on any atom is 0.421 e. The van der Waals surface area contributed by atoms with Crippen LogP contribution in [-0.4, -0.2) is 80.1 Å². The molecule has 0 aromatic rings. The number of aliphatic hydroxyl groups excluding tert-OH is 4. The number of ether oxygens (including phenoxy) is 1. The molecule has 1 rings (SSSR count). The molecular formula is C11H16O11. The van der Waals surface area contributed by atoms with E-state index in [1.165, 1.54) is 0 Å². The maximum absolute atomic E-state index is 11.5. The Morgan fingerprint density at radius 3 is 2.23 bits per heavy atom. The van der Waals surface area contributed by atoms with E-state index < -0.39 is 61.0 Å². The van der Waals surface area contributed by atoms with Crippen LogP contribution in [-0.2, 0) is 28.9 Å². The van der Waals surface area contributed by atoms with E-state index >= 15 is 0 Å². The van der Waals surface area contributed by atoms with Crippen molar-refractivity contribution in [2.24, 2.45) is 0 Å². The summed E-state index contributed by atoms with van der Waals surface area (Å²) in [5.74, 6) is -6.85. The number of rotatable bonds is 4. The van der Waals surface area contributed by atoms with E-state index in [0.29, 0.717) is 0 Å². The minimum atomic E-state index is -2.75. The summed E-state index contributed by atoms with van der Waals surface area (Å²) in [6.45, 7) is 0.0717. The van der Waals surface area contributed by atoms with E-state index in [9.17, 15) is 34.8 Å². The van der Waals surface area contributed by atoms with Gasteiger partial charge in [0.25, 0.3) is 0 Å². The van der Waals surface area contributed by atoms with Gasteiger partial charge in [-0.2, -0.15) is 0 Å². The molecule has 126 valence electrons. The maximum atomic E-state index is 11.5. The Kier molecular flexibility index (Phi) is 5.93. The highest BCUT2D eigenvalue weighted by molar-refractivity contribution is 6.33. The molecule has 11 heteroatoms. The quantitative estimate of drug-likeness (QED) is 0.194. The van der Waals surface area contributed by atoms with Crippen molar-refractivity contribution in [1.29, 1.82) is 0 Å². The van der Waals surface area contributed by atoms with E-state index in [1.807, 2.05) is 0 Å². The first-order valence-electron chi connectivity index (χ1n) is 6.10. The van der Waals surface area contributed by atoms with Gasteiger partial charge in [0.05, 0.1) is 13.0 Å². The molecule has 0 saturated carbocycles. The number of Topliss-reactive ketones (excluding diaryl/α,β-unsaturated/α-hetero) is 1. The molecule has 22 heavy (non-hydrogen) atoms. The monoisotopic (exact) mass is 324 g/mol. The van der Waals surface area contributed by atoms with Crippen molar-refractivity contribution in [3.05, 3.63) is 0 Å². The first-order chi connectivity index (χ1) is 10.1. The first-order valence-corrected chi connectivity index (χ1v) is 6.10. The van der Waals surface area contributed by atoms with Crippen LogP contribution in [0.3, 0.4) is 0 Å². The summed E-state index contributed by atoms with van der Waals surface area (Å²) in [5.41, 5.74) is 0. The lowest BCUT2D eigenvalue weighted by atomic mass is 9.89. The minimum Gasteiger partial charge on any atom is -0.394 e. The molecule has 1 aliphatic heterocycles. The van der Waals surface area contributed by atoms with Crippen LogP contribution >= 0.6 is 0 Å².